The Hall–Kier alpha value is -1.06. The van der Waals surface area contributed by atoms with Gasteiger partial charge in [0.25, 0.3) is 0 Å². The molecule has 0 aliphatic heterocycles. The van der Waals surface area contributed by atoms with Crippen molar-refractivity contribution in [1.29, 1.82) is 0 Å². The van der Waals surface area contributed by atoms with Gasteiger partial charge in [-0.05, 0) is 43.0 Å². The van der Waals surface area contributed by atoms with Crippen LogP contribution >= 0.6 is 11.3 Å². The molecule has 14 heavy (non-hydrogen) atoms. The summed E-state index contributed by atoms with van der Waals surface area (Å²) in [5, 5.41) is 2.13. The Morgan fingerprint density at radius 1 is 1.43 bits per heavy atom. The van der Waals surface area contributed by atoms with Crippen LogP contribution in [0.2, 0.25) is 0 Å². The lowest BCUT2D eigenvalue weighted by Crippen LogP contribution is -2.02. The van der Waals surface area contributed by atoms with E-state index in [0.717, 1.165) is 6.42 Å². The first kappa shape index (κ1) is 9.49. The molecule has 0 aliphatic rings. The highest BCUT2D eigenvalue weighted by molar-refractivity contribution is 7.10. The van der Waals surface area contributed by atoms with E-state index in [1.807, 2.05) is 6.20 Å². The maximum absolute atomic E-state index is 5.58. The van der Waals surface area contributed by atoms with Crippen molar-refractivity contribution in [2.24, 2.45) is 5.73 Å². The highest BCUT2D eigenvalue weighted by atomic mass is 32.1. The van der Waals surface area contributed by atoms with E-state index in [0.29, 0.717) is 6.54 Å². The van der Waals surface area contributed by atoms with Crippen molar-refractivity contribution in [2.45, 2.75) is 13.3 Å². The molecule has 0 spiro atoms. The van der Waals surface area contributed by atoms with Gasteiger partial charge in [-0.2, -0.15) is 0 Å². The summed E-state index contributed by atoms with van der Waals surface area (Å²) in [7, 11) is 0. The minimum absolute atomic E-state index is 0.716. The van der Waals surface area contributed by atoms with Crippen molar-refractivity contribution in [3.8, 4) is 11.3 Å². The molecule has 2 aromatic rings. The van der Waals surface area contributed by atoms with Gasteiger partial charge in [0, 0.05) is 22.3 Å². The van der Waals surface area contributed by atoms with Crippen molar-refractivity contribution >= 4 is 11.3 Å². The fourth-order valence-corrected chi connectivity index (χ4v) is 2.53. The van der Waals surface area contributed by atoms with Crippen molar-refractivity contribution in [3.05, 3.63) is 34.2 Å². The first-order valence-electron chi connectivity index (χ1n) is 4.73. The molecule has 0 aromatic carbocycles. The second-order valence-corrected chi connectivity index (χ2v) is 4.33. The van der Waals surface area contributed by atoms with Crippen LogP contribution in [0.3, 0.4) is 0 Å². The molecule has 2 nitrogen and oxygen atoms in total. The van der Waals surface area contributed by atoms with Gasteiger partial charge in [0.15, 0.2) is 0 Å². The zero-order valence-electron chi connectivity index (χ0n) is 8.21. The number of rotatable bonds is 3. The van der Waals surface area contributed by atoms with Crippen molar-refractivity contribution in [3.63, 3.8) is 0 Å². The van der Waals surface area contributed by atoms with Gasteiger partial charge in [0.1, 0.15) is 0 Å². The van der Waals surface area contributed by atoms with Gasteiger partial charge in [-0.25, -0.2) is 0 Å². The standard InChI is InChI=1S/C11H14N2S/c1-8-3-6-13-11(8)9-4-7-14-10(9)2-5-12/h3-4,6-7,13H,2,5,12H2,1H3. The summed E-state index contributed by atoms with van der Waals surface area (Å²) in [5.74, 6) is 0. The molecule has 3 heteroatoms. The molecule has 0 saturated carbocycles. The molecule has 0 saturated heterocycles. The topological polar surface area (TPSA) is 41.8 Å². The Morgan fingerprint density at radius 2 is 2.29 bits per heavy atom. The fourth-order valence-electron chi connectivity index (χ4n) is 1.63. The first-order chi connectivity index (χ1) is 6.83. The molecule has 2 heterocycles. The molecule has 0 atom stereocenters. The molecule has 74 valence electrons. The maximum atomic E-state index is 5.58. The number of aromatic nitrogens is 1. The van der Waals surface area contributed by atoms with Gasteiger partial charge < -0.3 is 10.7 Å². The lowest BCUT2D eigenvalue weighted by Gasteiger charge is -2.01. The summed E-state index contributed by atoms with van der Waals surface area (Å²) in [6, 6.07) is 4.26. The van der Waals surface area contributed by atoms with E-state index in [1.165, 1.54) is 21.7 Å². The minimum Gasteiger partial charge on any atom is -0.361 e. The van der Waals surface area contributed by atoms with E-state index < -0.39 is 0 Å². The highest BCUT2D eigenvalue weighted by Gasteiger charge is 2.08. The molecule has 0 bridgehead atoms. The van der Waals surface area contributed by atoms with Crippen molar-refractivity contribution < 1.29 is 0 Å². The van der Waals surface area contributed by atoms with Crippen molar-refractivity contribution in [1.82, 2.24) is 4.98 Å². The van der Waals surface area contributed by atoms with Crippen LogP contribution in [-0.4, -0.2) is 11.5 Å². The van der Waals surface area contributed by atoms with Crippen molar-refractivity contribution in [2.75, 3.05) is 6.54 Å². The van der Waals surface area contributed by atoms with E-state index in [9.17, 15) is 0 Å². The Balaban J connectivity index is 2.41. The van der Waals surface area contributed by atoms with Gasteiger partial charge in [-0.1, -0.05) is 0 Å². The van der Waals surface area contributed by atoms with E-state index in [2.05, 4.69) is 29.4 Å². The van der Waals surface area contributed by atoms with E-state index >= 15 is 0 Å². The second-order valence-electron chi connectivity index (χ2n) is 3.33. The predicted octanol–water partition coefficient (Wildman–Crippen LogP) is 2.55. The molecular weight excluding hydrogens is 192 g/mol. The third-order valence-corrected chi connectivity index (χ3v) is 3.32. The number of hydrogen-bond donors (Lipinski definition) is 2. The molecule has 3 N–H and O–H groups in total. The fraction of sp³-hybridized carbons (Fsp3) is 0.273. The summed E-state index contributed by atoms with van der Waals surface area (Å²) in [4.78, 5) is 4.65. The van der Waals surface area contributed by atoms with Crippen LogP contribution in [0.15, 0.2) is 23.7 Å². The van der Waals surface area contributed by atoms with Crippen LogP contribution in [0, 0.1) is 6.92 Å². The SMILES string of the molecule is Cc1cc[nH]c1-c1ccsc1CCN. The summed E-state index contributed by atoms with van der Waals surface area (Å²) < 4.78 is 0. The van der Waals surface area contributed by atoms with Crippen LogP contribution in [0.5, 0.6) is 0 Å². The van der Waals surface area contributed by atoms with Gasteiger partial charge in [0.05, 0.1) is 0 Å². The number of hydrogen-bond acceptors (Lipinski definition) is 2. The van der Waals surface area contributed by atoms with Gasteiger partial charge in [-0.15, -0.1) is 11.3 Å². The number of aryl methyl sites for hydroxylation is 1. The lowest BCUT2D eigenvalue weighted by molar-refractivity contribution is 0.989. The summed E-state index contributed by atoms with van der Waals surface area (Å²) >= 11 is 1.78. The summed E-state index contributed by atoms with van der Waals surface area (Å²) in [6.45, 7) is 2.84. The Bertz CT molecular complexity index is 414. The van der Waals surface area contributed by atoms with E-state index in [4.69, 9.17) is 5.73 Å². The summed E-state index contributed by atoms with van der Waals surface area (Å²) in [6.07, 6.45) is 2.94. The van der Waals surface area contributed by atoms with Gasteiger partial charge in [0.2, 0.25) is 0 Å². The third-order valence-electron chi connectivity index (χ3n) is 2.34. The Morgan fingerprint density at radius 3 is 2.93 bits per heavy atom. The van der Waals surface area contributed by atoms with Crippen LogP contribution in [0.1, 0.15) is 10.4 Å². The molecule has 2 aromatic heterocycles. The average Bonchev–Trinajstić information content (AvgIpc) is 2.74. The number of nitrogens with two attached hydrogens (primary N) is 1. The normalized spacial score (nSPS) is 10.7. The van der Waals surface area contributed by atoms with Crippen LogP contribution in [0.4, 0.5) is 0 Å². The average molecular weight is 206 g/mol. The number of thiophene rings is 1. The number of aromatic amines is 1. The molecule has 0 fully saturated rings. The van der Waals surface area contributed by atoms with Gasteiger partial charge in [-0.3, -0.25) is 0 Å². The molecular formula is C11H14N2S. The quantitative estimate of drug-likeness (QED) is 0.796. The molecule has 0 unspecified atom stereocenters. The van der Waals surface area contributed by atoms with E-state index in [-0.39, 0.29) is 0 Å². The molecule has 0 radical (unpaired) electrons. The summed E-state index contributed by atoms with van der Waals surface area (Å²) in [5.41, 5.74) is 9.41. The zero-order chi connectivity index (χ0) is 9.97. The van der Waals surface area contributed by atoms with Gasteiger partial charge >= 0.3 is 0 Å². The smallest absolute Gasteiger partial charge is 0.0494 e. The zero-order valence-corrected chi connectivity index (χ0v) is 9.03. The molecule has 0 aliphatic carbocycles. The van der Waals surface area contributed by atoms with Crippen LogP contribution in [0.25, 0.3) is 11.3 Å². The lowest BCUT2D eigenvalue weighted by atomic mass is 10.1. The monoisotopic (exact) mass is 206 g/mol. The Labute approximate surface area is 87.8 Å². The molecule has 0 amide bonds. The predicted molar refractivity (Wildman–Crippen MR) is 61.6 cm³/mol. The van der Waals surface area contributed by atoms with E-state index in [1.54, 1.807) is 11.3 Å². The maximum Gasteiger partial charge on any atom is 0.0494 e. The highest BCUT2D eigenvalue weighted by Crippen LogP contribution is 2.29. The number of H-pyrrole nitrogens is 1. The Kier molecular flexibility index (Phi) is 2.70. The largest absolute Gasteiger partial charge is 0.361 e. The van der Waals surface area contributed by atoms with Crippen LogP contribution in [-0.2, 0) is 6.42 Å². The number of nitrogens with one attached hydrogen (secondary N) is 1. The second kappa shape index (κ2) is 3.98. The first-order valence-corrected chi connectivity index (χ1v) is 5.61. The minimum atomic E-state index is 0.716. The van der Waals surface area contributed by atoms with Crippen LogP contribution < -0.4 is 5.73 Å². The third kappa shape index (κ3) is 1.61. The molecule has 2 rings (SSSR count).